The smallest absolute Gasteiger partial charge is 0.0725 e. The van der Waals surface area contributed by atoms with Crippen molar-refractivity contribution in [2.75, 3.05) is 0 Å². The number of hydrogen-bond acceptors (Lipinski definition) is 1. The molecule has 0 saturated heterocycles. The zero-order valence-electron chi connectivity index (χ0n) is 10.7. The van der Waals surface area contributed by atoms with Gasteiger partial charge in [-0.15, -0.1) is 0 Å². The van der Waals surface area contributed by atoms with Gasteiger partial charge in [-0.1, -0.05) is 55.5 Å². The molecule has 1 nitrogen and oxygen atoms in total. The van der Waals surface area contributed by atoms with E-state index in [1.54, 1.807) is 0 Å². The van der Waals surface area contributed by atoms with E-state index < -0.39 is 5.60 Å². The van der Waals surface area contributed by atoms with E-state index in [1.807, 2.05) is 6.07 Å². The lowest BCUT2D eigenvalue weighted by Crippen LogP contribution is -2.27. The highest BCUT2D eigenvalue weighted by molar-refractivity contribution is 5.70. The van der Waals surface area contributed by atoms with E-state index in [0.29, 0.717) is 0 Å². The highest BCUT2D eigenvalue weighted by Gasteiger charge is 2.34. The monoisotopic (exact) mass is 238 g/mol. The standard InChI is InChI=1S/C17H18O/c1-2-17(18)11-14-9-6-10-15(16(14)12-17)13-7-4-3-5-8-13/h3-10,18H,2,11-12H2,1H3. The van der Waals surface area contributed by atoms with E-state index in [1.165, 1.54) is 22.3 Å². The first-order valence-electron chi connectivity index (χ1n) is 6.60. The van der Waals surface area contributed by atoms with E-state index >= 15 is 0 Å². The van der Waals surface area contributed by atoms with Crippen LogP contribution in [0.2, 0.25) is 0 Å². The third-order valence-electron chi connectivity index (χ3n) is 4.04. The SMILES string of the molecule is CCC1(O)Cc2cccc(-c3ccccc3)c2C1. The maximum atomic E-state index is 10.5. The lowest BCUT2D eigenvalue weighted by Gasteiger charge is -2.19. The minimum absolute atomic E-state index is 0.535. The number of aliphatic hydroxyl groups is 1. The second-order valence-corrected chi connectivity index (χ2v) is 5.24. The molecule has 1 heteroatoms. The molecule has 0 fully saturated rings. The molecule has 0 bridgehead atoms. The summed E-state index contributed by atoms with van der Waals surface area (Å²) < 4.78 is 0. The van der Waals surface area contributed by atoms with Crippen LogP contribution in [0.1, 0.15) is 24.5 Å². The molecule has 1 N–H and O–H groups in total. The topological polar surface area (TPSA) is 20.2 Å². The van der Waals surface area contributed by atoms with Gasteiger partial charge in [0.25, 0.3) is 0 Å². The van der Waals surface area contributed by atoms with Crippen LogP contribution in [0, 0.1) is 0 Å². The van der Waals surface area contributed by atoms with Crippen molar-refractivity contribution in [2.24, 2.45) is 0 Å². The van der Waals surface area contributed by atoms with Gasteiger partial charge < -0.3 is 5.11 Å². The summed E-state index contributed by atoms with van der Waals surface area (Å²) in [5.41, 5.74) is 4.62. The molecule has 1 unspecified atom stereocenters. The predicted molar refractivity (Wildman–Crippen MR) is 74.5 cm³/mol. The zero-order valence-corrected chi connectivity index (χ0v) is 10.7. The van der Waals surface area contributed by atoms with E-state index in [2.05, 4.69) is 49.4 Å². The fourth-order valence-corrected chi connectivity index (χ4v) is 2.89. The molecular formula is C17H18O. The van der Waals surface area contributed by atoms with Crippen LogP contribution in [0.25, 0.3) is 11.1 Å². The Balaban J connectivity index is 2.09. The summed E-state index contributed by atoms with van der Waals surface area (Å²) in [6.07, 6.45) is 2.39. The van der Waals surface area contributed by atoms with Gasteiger partial charge in [0.2, 0.25) is 0 Å². The van der Waals surface area contributed by atoms with Gasteiger partial charge in [-0.05, 0) is 28.7 Å². The van der Waals surface area contributed by atoms with E-state index in [4.69, 9.17) is 0 Å². The summed E-state index contributed by atoms with van der Waals surface area (Å²) in [4.78, 5) is 0. The average molecular weight is 238 g/mol. The van der Waals surface area contributed by atoms with Gasteiger partial charge in [0.05, 0.1) is 5.60 Å². The molecule has 0 radical (unpaired) electrons. The third kappa shape index (κ3) is 1.85. The maximum Gasteiger partial charge on any atom is 0.0725 e. The van der Waals surface area contributed by atoms with Gasteiger partial charge >= 0.3 is 0 Å². The minimum Gasteiger partial charge on any atom is -0.389 e. The summed E-state index contributed by atoms with van der Waals surface area (Å²) in [5, 5.41) is 10.5. The maximum absolute atomic E-state index is 10.5. The van der Waals surface area contributed by atoms with Gasteiger partial charge in [-0.25, -0.2) is 0 Å². The fraction of sp³-hybridized carbons (Fsp3) is 0.294. The van der Waals surface area contributed by atoms with Gasteiger partial charge in [0, 0.05) is 12.8 Å². The molecule has 0 aromatic heterocycles. The van der Waals surface area contributed by atoms with Gasteiger partial charge in [0.15, 0.2) is 0 Å². The van der Waals surface area contributed by atoms with Gasteiger partial charge in [-0.2, -0.15) is 0 Å². The normalized spacial score (nSPS) is 21.9. The van der Waals surface area contributed by atoms with Crippen molar-refractivity contribution < 1.29 is 5.11 Å². The molecule has 0 amide bonds. The van der Waals surface area contributed by atoms with Crippen LogP contribution in [-0.4, -0.2) is 10.7 Å². The van der Waals surface area contributed by atoms with Gasteiger partial charge in [0.1, 0.15) is 0 Å². The van der Waals surface area contributed by atoms with Gasteiger partial charge in [-0.3, -0.25) is 0 Å². The van der Waals surface area contributed by atoms with Crippen molar-refractivity contribution in [3.8, 4) is 11.1 Å². The number of fused-ring (bicyclic) bond motifs is 1. The fourth-order valence-electron chi connectivity index (χ4n) is 2.89. The Hall–Kier alpha value is -1.60. The van der Waals surface area contributed by atoms with Crippen LogP contribution in [0.3, 0.4) is 0 Å². The Morgan fingerprint density at radius 1 is 1.00 bits per heavy atom. The molecule has 0 heterocycles. The summed E-state index contributed by atoms with van der Waals surface area (Å²) in [5.74, 6) is 0. The van der Waals surface area contributed by atoms with E-state index in [0.717, 1.165) is 19.3 Å². The second kappa shape index (κ2) is 4.25. The quantitative estimate of drug-likeness (QED) is 0.847. The number of rotatable bonds is 2. The average Bonchev–Trinajstić information content (AvgIpc) is 2.76. The molecular weight excluding hydrogens is 220 g/mol. The minimum atomic E-state index is -0.535. The molecule has 1 aliphatic rings. The Kier molecular flexibility index (Phi) is 2.71. The van der Waals surface area contributed by atoms with Crippen molar-refractivity contribution in [2.45, 2.75) is 31.8 Å². The number of hydrogen-bond donors (Lipinski definition) is 1. The summed E-state index contributed by atoms with van der Waals surface area (Å²) in [6, 6.07) is 16.9. The van der Waals surface area contributed by atoms with Crippen LogP contribution in [0.15, 0.2) is 48.5 Å². The molecule has 3 rings (SSSR count). The van der Waals surface area contributed by atoms with Crippen molar-refractivity contribution in [3.05, 3.63) is 59.7 Å². The Labute approximate surface area is 108 Å². The first kappa shape index (κ1) is 11.5. The van der Waals surface area contributed by atoms with Crippen LogP contribution in [0.4, 0.5) is 0 Å². The molecule has 2 aromatic rings. The third-order valence-corrected chi connectivity index (χ3v) is 4.04. The Bertz CT molecular complexity index is 559. The molecule has 0 spiro atoms. The predicted octanol–water partition coefficient (Wildman–Crippen LogP) is 3.59. The lowest BCUT2D eigenvalue weighted by molar-refractivity contribution is 0.0475. The summed E-state index contributed by atoms with van der Waals surface area (Å²) >= 11 is 0. The van der Waals surface area contributed by atoms with Crippen molar-refractivity contribution in [1.29, 1.82) is 0 Å². The second-order valence-electron chi connectivity index (χ2n) is 5.24. The summed E-state index contributed by atoms with van der Waals surface area (Å²) in [6.45, 7) is 2.06. The molecule has 2 aromatic carbocycles. The van der Waals surface area contributed by atoms with Crippen molar-refractivity contribution >= 4 is 0 Å². The number of benzene rings is 2. The highest BCUT2D eigenvalue weighted by atomic mass is 16.3. The molecule has 1 atom stereocenters. The van der Waals surface area contributed by atoms with E-state index in [9.17, 15) is 5.11 Å². The zero-order chi connectivity index (χ0) is 12.6. The Morgan fingerprint density at radius 3 is 2.50 bits per heavy atom. The van der Waals surface area contributed by atoms with E-state index in [-0.39, 0.29) is 0 Å². The van der Waals surface area contributed by atoms with Crippen molar-refractivity contribution in [1.82, 2.24) is 0 Å². The molecule has 0 saturated carbocycles. The van der Waals surface area contributed by atoms with Crippen LogP contribution in [0.5, 0.6) is 0 Å². The Morgan fingerprint density at radius 2 is 1.78 bits per heavy atom. The van der Waals surface area contributed by atoms with Crippen LogP contribution < -0.4 is 0 Å². The first-order chi connectivity index (χ1) is 8.72. The molecule has 1 aliphatic carbocycles. The largest absolute Gasteiger partial charge is 0.389 e. The lowest BCUT2D eigenvalue weighted by atomic mass is 9.95. The van der Waals surface area contributed by atoms with Crippen molar-refractivity contribution in [3.63, 3.8) is 0 Å². The molecule has 18 heavy (non-hydrogen) atoms. The van der Waals surface area contributed by atoms with Crippen LogP contribution in [-0.2, 0) is 12.8 Å². The highest BCUT2D eigenvalue weighted by Crippen LogP contribution is 2.38. The molecule has 92 valence electrons. The molecule has 0 aliphatic heterocycles. The first-order valence-corrected chi connectivity index (χ1v) is 6.60. The van der Waals surface area contributed by atoms with Crippen LogP contribution >= 0.6 is 0 Å². The summed E-state index contributed by atoms with van der Waals surface area (Å²) in [7, 11) is 0.